The molecule has 0 aromatic heterocycles. The number of benzene rings is 2. The molecule has 0 saturated heterocycles. The highest BCUT2D eigenvalue weighted by Crippen LogP contribution is 2.19. The topological polar surface area (TPSA) is 29.3 Å². The fourth-order valence-corrected chi connectivity index (χ4v) is 2.58. The maximum absolute atomic E-state index is 5.77. The van der Waals surface area contributed by atoms with Crippen molar-refractivity contribution < 1.29 is 0 Å². The Morgan fingerprint density at radius 3 is 2.00 bits per heavy atom. The fourth-order valence-electron chi connectivity index (χ4n) is 2.58. The molecule has 0 aliphatic heterocycles. The Hall–Kier alpha value is -1.80. The average Bonchev–Trinajstić information content (AvgIpc) is 2.43. The van der Waals surface area contributed by atoms with Crippen LogP contribution in [0.3, 0.4) is 0 Å². The smallest absolute Gasteiger partial charge is 0.0314 e. The van der Waals surface area contributed by atoms with Crippen molar-refractivity contribution in [2.45, 2.75) is 46.8 Å². The lowest BCUT2D eigenvalue weighted by molar-refractivity contribution is 0.203. The van der Waals surface area contributed by atoms with Crippen molar-refractivity contribution >= 4 is 5.69 Å². The normalized spacial score (nSPS) is 11.3. The van der Waals surface area contributed by atoms with Crippen LogP contribution in [0.2, 0.25) is 0 Å². The molecular weight excluding hydrogens is 256 g/mol. The number of aryl methyl sites for hydroxylation is 2. The van der Waals surface area contributed by atoms with Crippen LogP contribution in [0.5, 0.6) is 0 Å². The van der Waals surface area contributed by atoms with Crippen molar-refractivity contribution in [3.63, 3.8) is 0 Å². The summed E-state index contributed by atoms with van der Waals surface area (Å²) < 4.78 is 0. The van der Waals surface area contributed by atoms with Crippen LogP contribution in [-0.2, 0) is 13.1 Å². The fraction of sp³-hybridized carbons (Fsp3) is 0.368. The Bertz CT molecular complexity index is 565. The van der Waals surface area contributed by atoms with Crippen LogP contribution >= 0.6 is 0 Å². The van der Waals surface area contributed by atoms with E-state index in [-0.39, 0.29) is 0 Å². The third-order valence-corrected chi connectivity index (χ3v) is 4.10. The van der Waals surface area contributed by atoms with E-state index in [0.717, 1.165) is 18.8 Å². The molecule has 0 radical (unpaired) electrons. The molecule has 21 heavy (non-hydrogen) atoms. The van der Waals surface area contributed by atoms with E-state index >= 15 is 0 Å². The van der Waals surface area contributed by atoms with Crippen LogP contribution in [0.25, 0.3) is 0 Å². The van der Waals surface area contributed by atoms with Crippen molar-refractivity contribution in [3.8, 4) is 0 Å². The average molecular weight is 282 g/mol. The van der Waals surface area contributed by atoms with E-state index in [1.807, 2.05) is 12.1 Å². The molecule has 0 saturated carbocycles. The molecule has 0 bridgehead atoms. The molecule has 0 amide bonds. The maximum atomic E-state index is 5.77. The van der Waals surface area contributed by atoms with Gasteiger partial charge >= 0.3 is 0 Å². The molecule has 2 aromatic carbocycles. The first-order valence-corrected chi connectivity index (χ1v) is 7.61. The van der Waals surface area contributed by atoms with Gasteiger partial charge < -0.3 is 5.73 Å². The summed E-state index contributed by atoms with van der Waals surface area (Å²) in [7, 11) is 0. The minimum atomic E-state index is 0.501. The van der Waals surface area contributed by atoms with Crippen molar-refractivity contribution in [1.29, 1.82) is 0 Å². The molecule has 0 spiro atoms. The standard InChI is InChI=1S/C19H26N2/c1-14(2)21(12-17-8-10-18(20)11-9-17)13-19-15(3)6-5-7-16(19)4/h5-11,14H,12-13,20H2,1-4H3. The van der Waals surface area contributed by atoms with Crippen LogP contribution in [0.15, 0.2) is 42.5 Å². The zero-order valence-electron chi connectivity index (χ0n) is 13.6. The van der Waals surface area contributed by atoms with E-state index < -0.39 is 0 Å². The number of nitrogens with two attached hydrogens (primary N) is 1. The van der Waals surface area contributed by atoms with E-state index in [4.69, 9.17) is 5.73 Å². The number of hydrogen-bond donors (Lipinski definition) is 1. The summed E-state index contributed by atoms with van der Waals surface area (Å²) in [6.07, 6.45) is 0. The molecule has 0 aliphatic carbocycles. The van der Waals surface area contributed by atoms with Gasteiger partial charge in [0, 0.05) is 24.8 Å². The Kier molecular flexibility index (Phi) is 5.03. The molecule has 2 heteroatoms. The van der Waals surface area contributed by atoms with Crippen molar-refractivity contribution in [2.24, 2.45) is 0 Å². The van der Waals surface area contributed by atoms with Crippen LogP contribution in [0.1, 0.15) is 36.1 Å². The molecular formula is C19H26N2. The van der Waals surface area contributed by atoms with Gasteiger partial charge in [-0.25, -0.2) is 0 Å². The second-order valence-corrected chi connectivity index (χ2v) is 6.11. The van der Waals surface area contributed by atoms with Gasteiger partial charge in [0.1, 0.15) is 0 Å². The van der Waals surface area contributed by atoms with Crippen molar-refractivity contribution in [3.05, 3.63) is 64.7 Å². The lowest BCUT2D eigenvalue weighted by atomic mass is 10.0. The van der Waals surface area contributed by atoms with E-state index in [0.29, 0.717) is 6.04 Å². The van der Waals surface area contributed by atoms with Gasteiger partial charge in [-0.05, 0) is 62.1 Å². The summed E-state index contributed by atoms with van der Waals surface area (Å²) in [5.74, 6) is 0. The SMILES string of the molecule is Cc1cccc(C)c1CN(Cc1ccc(N)cc1)C(C)C. The third-order valence-electron chi connectivity index (χ3n) is 4.10. The second kappa shape index (κ2) is 6.77. The molecule has 2 aromatic rings. The molecule has 0 unspecified atom stereocenters. The Morgan fingerprint density at radius 1 is 0.905 bits per heavy atom. The van der Waals surface area contributed by atoms with Crippen molar-refractivity contribution in [1.82, 2.24) is 4.90 Å². The Morgan fingerprint density at radius 2 is 1.48 bits per heavy atom. The summed E-state index contributed by atoms with van der Waals surface area (Å²) in [6.45, 7) is 10.8. The van der Waals surface area contributed by atoms with Gasteiger partial charge in [-0.15, -0.1) is 0 Å². The number of anilines is 1. The zero-order valence-corrected chi connectivity index (χ0v) is 13.6. The number of rotatable bonds is 5. The summed E-state index contributed by atoms with van der Waals surface area (Å²) in [4.78, 5) is 2.50. The highest BCUT2D eigenvalue weighted by atomic mass is 15.1. The van der Waals surface area contributed by atoms with Gasteiger partial charge in [0.05, 0.1) is 0 Å². The summed E-state index contributed by atoms with van der Waals surface area (Å²) in [5.41, 5.74) is 12.1. The third kappa shape index (κ3) is 4.08. The number of nitrogens with zero attached hydrogens (tertiary/aromatic N) is 1. The van der Waals surface area contributed by atoms with Gasteiger partial charge in [0.15, 0.2) is 0 Å². The zero-order chi connectivity index (χ0) is 15.4. The molecule has 2 N–H and O–H groups in total. The second-order valence-electron chi connectivity index (χ2n) is 6.11. The first-order valence-electron chi connectivity index (χ1n) is 7.61. The highest BCUT2D eigenvalue weighted by Gasteiger charge is 2.13. The first-order chi connectivity index (χ1) is 9.97. The highest BCUT2D eigenvalue weighted by molar-refractivity contribution is 5.39. The lowest BCUT2D eigenvalue weighted by Crippen LogP contribution is -2.30. The summed E-state index contributed by atoms with van der Waals surface area (Å²) in [5, 5.41) is 0. The minimum Gasteiger partial charge on any atom is -0.399 e. The van der Waals surface area contributed by atoms with E-state index in [1.54, 1.807) is 0 Å². The van der Waals surface area contributed by atoms with Gasteiger partial charge in [0.2, 0.25) is 0 Å². The molecule has 2 rings (SSSR count). The summed E-state index contributed by atoms with van der Waals surface area (Å²) >= 11 is 0. The molecule has 2 nitrogen and oxygen atoms in total. The van der Waals surface area contributed by atoms with Crippen LogP contribution in [-0.4, -0.2) is 10.9 Å². The predicted octanol–water partition coefficient (Wildman–Crippen LogP) is 4.30. The number of hydrogen-bond acceptors (Lipinski definition) is 2. The lowest BCUT2D eigenvalue weighted by Gasteiger charge is -2.28. The quantitative estimate of drug-likeness (QED) is 0.829. The molecule has 0 fully saturated rings. The van der Waals surface area contributed by atoms with Gasteiger partial charge in [-0.1, -0.05) is 30.3 Å². The van der Waals surface area contributed by atoms with Crippen molar-refractivity contribution in [2.75, 3.05) is 5.73 Å². The van der Waals surface area contributed by atoms with Gasteiger partial charge in [0.25, 0.3) is 0 Å². The minimum absolute atomic E-state index is 0.501. The van der Waals surface area contributed by atoms with Crippen LogP contribution in [0.4, 0.5) is 5.69 Å². The molecule has 0 atom stereocenters. The molecule has 0 heterocycles. The van der Waals surface area contributed by atoms with Gasteiger partial charge in [-0.2, -0.15) is 0 Å². The van der Waals surface area contributed by atoms with E-state index in [2.05, 4.69) is 62.9 Å². The first kappa shape index (κ1) is 15.6. The number of nitrogen functional groups attached to an aromatic ring is 1. The van der Waals surface area contributed by atoms with Crippen LogP contribution in [0, 0.1) is 13.8 Å². The Labute approximate surface area is 128 Å². The molecule has 0 aliphatic rings. The largest absolute Gasteiger partial charge is 0.399 e. The Balaban J connectivity index is 2.18. The summed E-state index contributed by atoms with van der Waals surface area (Å²) in [6, 6.07) is 15.2. The van der Waals surface area contributed by atoms with E-state index in [9.17, 15) is 0 Å². The van der Waals surface area contributed by atoms with Gasteiger partial charge in [-0.3, -0.25) is 4.90 Å². The molecule has 112 valence electrons. The monoisotopic (exact) mass is 282 g/mol. The predicted molar refractivity (Wildman–Crippen MR) is 91.2 cm³/mol. The van der Waals surface area contributed by atoms with E-state index in [1.165, 1.54) is 22.3 Å². The van der Waals surface area contributed by atoms with Crippen LogP contribution < -0.4 is 5.73 Å². The maximum Gasteiger partial charge on any atom is 0.0314 e.